The third-order valence-corrected chi connectivity index (χ3v) is 3.25. The predicted molar refractivity (Wildman–Crippen MR) is 54.0 cm³/mol. The first kappa shape index (κ1) is 10.3. The van der Waals surface area contributed by atoms with Crippen molar-refractivity contribution in [1.29, 1.82) is 0 Å². The van der Waals surface area contributed by atoms with Crippen LogP contribution in [-0.2, 0) is 4.79 Å². The zero-order chi connectivity index (χ0) is 10.0. The van der Waals surface area contributed by atoms with E-state index in [9.17, 15) is 4.79 Å². The van der Waals surface area contributed by atoms with Gasteiger partial charge in [-0.2, -0.15) is 0 Å². The Kier molecular flexibility index (Phi) is 3.12. The van der Waals surface area contributed by atoms with Gasteiger partial charge in [-0.25, -0.2) is 0 Å². The fourth-order valence-electron chi connectivity index (χ4n) is 2.45. The molecule has 0 radical (unpaired) electrons. The summed E-state index contributed by atoms with van der Waals surface area (Å²) in [5.74, 6) is 1.40. The van der Waals surface area contributed by atoms with E-state index in [-0.39, 0.29) is 5.91 Å². The summed E-state index contributed by atoms with van der Waals surface area (Å²) >= 11 is 0. The topological polar surface area (TPSA) is 43.1 Å². The lowest BCUT2D eigenvalue weighted by atomic mass is 9.84. The van der Waals surface area contributed by atoms with Crippen LogP contribution in [0.2, 0.25) is 0 Å². The van der Waals surface area contributed by atoms with Crippen LogP contribution >= 0.6 is 0 Å². The van der Waals surface area contributed by atoms with E-state index in [1.807, 2.05) is 0 Å². The fraction of sp³-hybridized carbons (Fsp3) is 0.727. The summed E-state index contributed by atoms with van der Waals surface area (Å²) in [7, 11) is 0. The molecule has 13 heavy (non-hydrogen) atoms. The number of carbonyl (C=O) groups excluding carboxylic acids is 1. The highest BCUT2D eigenvalue weighted by Crippen LogP contribution is 2.41. The standard InChI is InChI=1S/C11H19NO/c1-7(2)9-5-4-8(3)10(9)6-11(12)13/h8-10H,1,4-6H2,2-3H3,(H2,12,13). The molecule has 2 N–H and O–H groups in total. The summed E-state index contributed by atoms with van der Waals surface area (Å²) in [6, 6.07) is 0. The number of rotatable bonds is 3. The largest absolute Gasteiger partial charge is 0.370 e. The summed E-state index contributed by atoms with van der Waals surface area (Å²) < 4.78 is 0. The summed E-state index contributed by atoms with van der Waals surface area (Å²) in [6.07, 6.45) is 2.91. The van der Waals surface area contributed by atoms with Gasteiger partial charge in [-0.15, -0.1) is 0 Å². The third kappa shape index (κ3) is 2.33. The maximum absolute atomic E-state index is 10.9. The SMILES string of the molecule is C=C(C)C1CCC(C)C1CC(N)=O. The van der Waals surface area contributed by atoms with Crippen molar-refractivity contribution in [1.82, 2.24) is 0 Å². The van der Waals surface area contributed by atoms with E-state index < -0.39 is 0 Å². The number of hydrogen-bond donors (Lipinski definition) is 1. The molecule has 1 aliphatic rings. The molecule has 2 heteroatoms. The molecule has 0 aromatic heterocycles. The van der Waals surface area contributed by atoms with Gasteiger partial charge < -0.3 is 5.73 Å². The second-order valence-electron chi connectivity index (χ2n) is 4.34. The highest BCUT2D eigenvalue weighted by atomic mass is 16.1. The predicted octanol–water partition coefficient (Wildman–Crippen LogP) is 2.10. The molecule has 0 aliphatic heterocycles. The average Bonchev–Trinajstić information content (AvgIpc) is 2.32. The molecule has 0 bridgehead atoms. The van der Waals surface area contributed by atoms with Gasteiger partial charge in [0.1, 0.15) is 0 Å². The van der Waals surface area contributed by atoms with Gasteiger partial charge in [-0.1, -0.05) is 19.1 Å². The number of nitrogens with two attached hydrogens (primary N) is 1. The van der Waals surface area contributed by atoms with Crippen molar-refractivity contribution in [3.05, 3.63) is 12.2 Å². The van der Waals surface area contributed by atoms with Gasteiger partial charge in [-0.3, -0.25) is 4.79 Å². The Morgan fingerprint density at radius 2 is 2.15 bits per heavy atom. The maximum Gasteiger partial charge on any atom is 0.217 e. The zero-order valence-corrected chi connectivity index (χ0v) is 8.55. The molecule has 0 saturated heterocycles. The molecule has 1 amide bonds. The Balaban J connectivity index is 2.65. The minimum Gasteiger partial charge on any atom is -0.370 e. The molecule has 1 fully saturated rings. The van der Waals surface area contributed by atoms with Crippen molar-refractivity contribution in [3.8, 4) is 0 Å². The minimum absolute atomic E-state index is 0.176. The second-order valence-corrected chi connectivity index (χ2v) is 4.34. The molecule has 2 nitrogen and oxygen atoms in total. The van der Waals surface area contributed by atoms with Crippen molar-refractivity contribution < 1.29 is 4.79 Å². The van der Waals surface area contributed by atoms with Crippen molar-refractivity contribution in [2.75, 3.05) is 0 Å². The highest BCUT2D eigenvalue weighted by molar-refractivity contribution is 5.74. The van der Waals surface area contributed by atoms with Crippen LogP contribution in [0.25, 0.3) is 0 Å². The van der Waals surface area contributed by atoms with Crippen LogP contribution < -0.4 is 5.73 Å². The van der Waals surface area contributed by atoms with Gasteiger partial charge in [0.25, 0.3) is 0 Å². The van der Waals surface area contributed by atoms with Crippen LogP contribution in [0.4, 0.5) is 0 Å². The molecule has 74 valence electrons. The van der Waals surface area contributed by atoms with E-state index in [1.54, 1.807) is 0 Å². The van der Waals surface area contributed by atoms with Crippen LogP contribution in [0.1, 0.15) is 33.1 Å². The first-order valence-corrected chi connectivity index (χ1v) is 4.96. The van der Waals surface area contributed by atoms with E-state index in [4.69, 9.17) is 5.73 Å². The monoisotopic (exact) mass is 181 g/mol. The lowest BCUT2D eigenvalue weighted by Gasteiger charge is -2.21. The number of carbonyl (C=O) groups is 1. The van der Waals surface area contributed by atoms with E-state index in [1.165, 1.54) is 18.4 Å². The second kappa shape index (κ2) is 3.95. The molecule has 1 saturated carbocycles. The van der Waals surface area contributed by atoms with Gasteiger partial charge in [0.15, 0.2) is 0 Å². The Morgan fingerprint density at radius 3 is 2.62 bits per heavy atom. The smallest absolute Gasteiger partial charge is 0.217 e. The lowest BCUT2D eigenvalue weighted by molar-refractivity contribution is -0.119. The Bertz CT molecular complexity index is 222. The van der Waals surface area contributed by atoms with Crippen molar-refractivity contribution in [2.24, 2.45) is 23.5 Å². The zero-order valence-electron chi connectivity index (χ0n) is 8.55. The molecular weight excluding hydrogens is 162 g/mol. The quantitative estimate of drug-likeness (QED) is 0.666. The highest BCUT2D eigenvalue weighted by Gasteiger charge is 2.34. The molecule has 0 heterocycles. The normalized spacial score (nSPS) is 33.2. The summed E-state index contributed by atoms with van der Waals surface area (Å²) in [4.78, 5) is 10.9. The summed E-state index contributed by atoms with van der Waals surface area (Å²) in [5, 5.41) is 0. The number of hydrogen-bond acceptors (Lipinski definition) is 1. The maximum atomic E-state index is 10.9. The Labute approximate surface area is 80.2 Å². The summed E-state index contributed by atoms with van der Waals surface area (Å²) in [5.41, 5.74) is 6.43. The lowest BCUT2D eigenvalue weighted by Crippen LogP contribution is -2.22. The fourth-order valence-corrected chi connectivity index (χ4v) is 2.45. The van der Waals surface area contributed by atoms with Crippen LogP contribution in [-0.4, -0.2) is 5.91 Å². The van der Waals surface area contributed by atoms with Gasteiger partial charge in [0.05, 0.1) is 0 Å². The van der Waals surface area contributed by atoms with Crippen LogP contribution in [0.5, 0.6) is 0 Å². The van der Waals surface area contributed by atoms with Crippen LogP contribution in [0.15, 0.2) is 12.2 Å². The van der Waals surface area contributed by atoms with E-state index >= 15 is 0 Å². The van der Waals surface area contributed by atoms with Gasteiger partial charge in [0, 0.05) is 6.42 Å². The number of primary amides is 1. The molecule has 3 atom stereocenters. The molecule has 0 aromatic rings. The van der Waals surface area contributed by atoms with Crippen molar-refractivity contribution >= 4 is 5.91 Å². The van der Waals surface area contributed by atoms with E-state index in [0.717, 1.165) is 0 Å². The van der Waals surface area contributed by atoms with Crippen molar-refractivity contribution in [2.45, 2.75) is 33.1 Å². The molecule has 1 aliphatic carbocycles. The Morgan fingerprint density at radius 1 is 1.54 bits per heavy atom. The van der Waals surface area contributed by atoms with Gasteiger partial charge in [-0.05, 0) is 37.5 Å². The summed E-state index contributed by atoms with van der Waals surface area (Å²) in [6.45, 7) is 8.23. The van der Waals surface area contributed by atoms with E-state index in [2.05, 4.69) is 20.4 Å². The number of allylic oxidation sites excluding steroid dienone is 1. The molecule has 1 rings (SSSR count). The molecule has 0 aromatic carbocycles. The molecule has 3 unspecified atom stereocenters. The van der Waals surface area contributed by atoms with Gasteiger partial charge >= 0.3 is 0 Å². The van der Waals surface area contributed by atoms with Crippen molar-refractivity contribution in [3.63, 3.8) is 0 Å². The van der Waals surface area contributed by atoms with Crippen LogP contribution in [0.3, 0.4) is 0 Å². The average molecular weight is 181 g/mol. The third-order valence-electron chi connectivity index (χ3n) is 3.25. The minimum atomic E-state index is -0.176. The first-order chi connectivity index (χ1) is 6.02. The Hall–Kier alpha value is -0.790. The molecular formula is C11H19NO. The van der Waals surface area contributed by atoms with Crippen LogP contribution in [0, 0.1) is 17.8 Å². The van der Waals surface area contributed by atoms with E-state index in [0.29, 0.717) is 24.2 Å². The number of amides is 1. The molecule has 0 spiro atoms. The van der Waals surface area contributed by atoms with Gasteiger partial charge in [0.2, 0.25) is 5.91 Å². The first-order valence-electron chi connectivity index (χ1n) is 4.96.